The fourth-order valence-corrected chi connectivity index (χ4v) is 3.86. The second-order valence-electron chi connectivity index (χ2n) is 6.47. The minimum atomic E-state index is -3.79. The molecule has 0 saturated carbocycles. The van der Waals surface area contributed by atoms with Gasteiger partial charge in [-0.1, -0.05) is 30.3 Å². The van der Waals surface area contributed by atoms with E-state index in [2.05, 4.69) is 14.8 Å². The Morgan fingerprint density at radius 2 is 1.60 bits per heavy atom. The largest absolute Gasteiger partial charge is 0.465 e. The summed E-state index contributed by atoms with van der Waals surface area (Å²) in [5, 5.41) is 2.69. The standard InChI is InChI=1S/C22H20N2O5S/c1-15-11-12-16(14-20(15)24-30(27,28)19-9-4-3-5-10-19)21(25)23-18-8-6-7-17(13-18)22(26)29-2/h3-14,24H,1-2H3,(H,23,25). The van der Waals surface area contributed by atoms with Crippen molar-refractivity contribution < 1.29 is 22.7 Å². The zero-order chi connectivity index (χ0) is 21.7. The SMILES string of the molecule is COC(=O)c1cccc(NC(=O)c2ccc(C)c(NS(=O)(=O)c3ccccc3)c2)c1. The van der Waals surface area contributed by atoms with Crippen molar-refractivity contribution in [2.45, 2.75) is 11.8 Å². The van der Waals surface area contributed by atoms with E-state index in [-0.39, 0.29) is 10.5 Å². The third-order valence-electron chi connectivity index (χ3n) is 4.34. The quantitative estimate of drug-likeness (QED) is 0.586. The molecule has 0 bridgehead atoms. The average molecular weight is 424 g/mol. The van der Waals surface area contributed by atoms with Gasteiger partial charge in [0, 0.05) is 11.3 Å². The molecular formula is C22H20N2O5S. The predicted molar refractivity (Wildman–Crippen MR) is 114 cm³/mol. The maximum absolute atomic E-state index is 12.7. The third-order valence-corrected chi connectivity index (χ3v) is 5.72. The number of amides is 1. The van der Waals surface area contributed by atoms with Gasteiger partial charge in [0.15, 0.2) is 0 Å². The Labute approximate surface area is 174 Å². The van der Waals surface area contributed by atoms with Crippen molar-refractivity contribution in [1.82, 2.24) is 0 Å². The third kappa shape index (κ3) is 4.84. The van der Waals surface area contributed by atoms with Crippen LogP contribution in [0.1, 0.15) is 26.3 Å². The van der Waals surface area contributed by atoms with Crippen molar-refractivity contribution in [1.29, 1.82) is 0 Å². The molecule has 0 heterocycles. The van der Waals surface area contributed by atoms with Crippen molar-refractivity contribution in [3.63, 3.8) is 0 Å². The first kappa shape index (κ1) is 21.1. The maximum atomic E-state index is 12.7. The molecule has 7 nitrogen and oxygen atoms in total. The zero-order valence-electron chi connectivity index (χ0n) is 16.4. The molecule has 2 N–H and O–H groups in total. The van der Waals surface area contributed by atoms with Crippen LogP contribution in [0, 0.1) is 6.92 Å². The van der Waals surface area contributed by atoms with E-state index in [1.165, 1.54) is 31.4 Å². The molecule has 0 unspecified atom stereocenters. The number of carbonyl (C=O) groups is 2. The van der Waals surface area contributed by atoms with Crippen LogP contribution >= 0.6 is 0 Å². The summed E-state index contributed by atoms with van der Waals surface area (Å²) in [6, 6.07) is 19.0. The Morgan fingerprint density at radius 1 is 0.867 bits per heavy atom. The van der Waals surface area contributed by atoms with Gasteiger partial charge in [-0.25, -0.2) is 13.2 Å². The van der Waals surface area contributed by atoms with Gasteiger partial charge < -0.3 is 10.1 Å². The monoisotopic (exact) mass is 424 g/mol. The van der Waals surface area contributed by atoms with Gasteiger partial charge in [-0.2, -0.15) is 0 Å². The summed E-state index contributed by atoms with van der Waals surface area (Å²) in [6.07, 6.45) is 0. The number of hydrogen-bond acceptors (Lipinski definition) is 5. The summed E-state index contributed by atoms with van der Waals surface area (Å²) in [7, 11) is -2.51. The van der Waals surface area contributed by atoms with Gasteiger partial charge in [-0.05, 0) is 55.0 Å². The van der Waals surface area contributed by atoms with E-state index in [1.54, 1.807) is 55.5 Å². The van der Waals surface area contributed by atoms with E-state index in [0.717, 1.165) is 0 Å². The number of anilines is 2. The summed E-state index contributed by atoms with van der Waals surface area (Å²) in [5.74, 6) is -0.962. The lowest BCUT2D eigenvalue weighted by molar-refractivity contribution is 0.0600. The van der Waals surface area contributed by atoms with Gasteiger partial charge >= 0.3 is 5.97 Å². The van der Waals surface area contributed by atoms with Crippen LogP contribution < -0.4 is 10.0 Å². The molecule has 1 amide bonds. The van der Waals surface area contributed by atoms with Crippen molar-refractivity contribution in [3.05, 3.63) is 89.5 Å². The first-order chi connectivity index (χ1) is 14.3. The van der Waals surface area contributed by atoms with E-state index < -0.39 is 21.9 Å². The van der Waals surface area contributed by atoms with E-state index >= 15 is 0 Å². The molecule has 30 heavy (non-hydrogen) atoms. The van der Waals surface area contributed by atoms with Crippen LogP contribution in [0.2, 0.25) is 0 Å². The van der Waals surface area contributed by atoms with Crippen molar-refractivity contribution in [3.8, 4) is 0 Å². The number of hydrogen-bond donors (Lipinski definition) is 2. The van der Waals surface area contributed by atoms with Gasteiger partial charge in [-0.3, -0.25) is 9.52 Å². The minimum absolute atomic E-state index is 0.124. The van der Waals surface area contributed by atoms with E-state index in [9.17, 15) is 18.0 Å². The Kier molecular flexibility index (Phi) is 6.17. The van der Waals surface area contributed by atoms with Crippen LogP contribution in [-0.2, 0) is 14.8 Å². The van der Waals surface area contributed by atoms with Crippen LogP contribution in [0.15, 0.2) is 77.7 Å². The van der Waals surface area contributed by atoms with Crippen molar-refractivity contribution in [2.24, 2.45) is 0 Å². The topological polar surface area (TPSA) is 102 Å². The summed E-state index contributed by atoms with van der Waals surface area (Å²) in [6.45, 7) is 1.74. The molecule has 8 heteroatoms. The first-order valence-corrected chi connectivity index (χ1v) is 10.5. The molecule has 0 aromatic heterocycles. The van der Waals surface area contributed by atoms with E-state index in [1.807, 2.05) is 0 Å². The van der Waals surface area contributed by atoms with Crippen LogP contribution in [0.5, 0.6) is 0 Å². The number of nitrogens with one attached hydrogen (secondary N) is 2. The highest BCUT2D eigenvalue weighted by Crippen LogP contribution is 2.22. The van der Waals surface area contributed by atoms with Crippen LogP contribution in [-0.4, -0.2) is 27.4 Å². The minimum Gasteiger partial charge on any atom is -0.465 e. The molecule has 3 rings (SSSR count). The number of carbonyl (C=O) groups excluding carboxylic acids is 2. The van der Waals surface area contributed by atoms with Crippen LogP contribution in [0.4, 0.5) is 11.4 Å². The molecule has 0 spiro atoms. The van der Waals surface area contributed by atoms with E-state index in [4.69, 9.17) is 0 Å². The zero-order valence-corrected chi connectivity index (χ0v) is 17.2. The molecule has 0 saturated heterocycles. The number of benzene rings is 3. The Morgan fingerprint density at radius 3 is 2.30 bits per heavy atom. The normalized spacial score (nSPS) is 10.9. The number of rotatable bonds is 6. The summed E-state index contributed by atoms with van der Waals surface area (Å²) in [5.41, 5.74) is 1.94. The van der Waals surface area contributed by atoms with Gasteiger partial charge in [0.2, 0.25) is 0 Å². The summed E-state index contributed by atoms with van der Waals surface area (Å²) < 4.78 is 32.4. The lowest BCUT2D eigenvalue weighted by atomic mass is 10.1. The van der Waals surface area contributed by atoms with Crippen molar-refractivity contribution in [2.75, 3.05) is 17.1 Å². The highest BCUT2D eigenvalue weighted by Gasteiger charge is 2.16. The molecule has 0 aliphatic carbocycles. The molecule has 0 radical (unpaired) electrons. The second kappa shape index (κ2) is 8.79. The Hall–Kier alpha value is -3.65. The fourth-order valence-electron chi connectivity index (χ4n) is 2.72. The lowest BCUT2D eigenvalue weighted by Gasteiger charge is -2.13. The first-order valence-electron chi connectivity index (χ1n) is 8.98. The van der Waals surface area contributed by atoms with Crippen LogP contribution in [0.25, 0.3) is 0 Å². The fraction of sp³-hybridized carbons (Fsp3) is 0.0909. The van der Waals surface area contributed by atoms with Gasteiger partial charge in [0.25, 0.3) is 15.9 Å². The van der Waals surface area contributed by atoms with Crippen LogP contribution in [0.3, 0.4) is 0 Å². The second-order valence-corrected chi connectivity index (χ2v) is 8.16. The number of ether oxygens (including phenoxy) is 1. The summed E-state index contributed by atoms with van der Waals surface area (Å²) >= 11 is 0. The predicted octanol–water partition coefficient (Wildman–Crippen LogP) is 3.83. The van der Waals surface area contributed by atoms with Gasteiger partial charge in [0.1, 0.15) is 0 Å². The molecule has 0 fully saturated rings. The number of esters is 1. The van der Waals surface area contributed by atoms with Gasteiger partial charge in [0.05, 0.1) is 23.3 Å². The highest BCUT2D eigenvalue weighted by molar-refractivity contribution is 7.92. The molecule has 0 aliphatic rings. The smallest absolute Gasteiger partial charge is 0.337 e. The van der Waals surface area contributed by atoms with E-state index in [0.29, 0.717) is 22.5 Å². The Bertz CT molecular complexity index is 1190. The average Bonchev–Trinajstić information content (AvgIpc) is 2.75. The van der Waals surface area contributed by atoms with Crippen molar-refractivity contribution >= 4 is 33.3 Å². The number of methoxy groups -OCH3 is 1. The highest BCUT2D eigenvalue weighted by atomic mass is 32.2. The number of aryl methyl sites for hydroxylation is 1. The molecule has 0 atom stereocenters. The maximum Gasteiger partial charge on any atom is 0.337 e. The molecule has 3 aromatic carbocycles. The molecule has 154 valence electrons. The molecular weight excluding hydrogens is 404 g/mol. The summed E-state index contributed by atoms with van der Waals surface area (Å²) in [4.78, 5) is 24.4. The molecule has 0 aliphatic heterocycles. The Balaban J connectivity index is 1.83. The van der Waals surface area contributed by atoms with Gasteiger partial charge in [-0.15, -0.1) is 0 Å². The lowest BCUT2D eigenvalue weighted by Crippen LogP contribution is -2.16. The number of sulfonamides is 1. The molecule has 3 aromatic rings.